The molecule has 0 unspecified atom stereocenters. The fourth-order valence-electron chi connectivity index (χ4n) is 5.21. The molecule has 0 saturated heterocycles. The molecule has 0 bridgehead atoms. The highest BCUT2D eigenvalue weighted by atomic mass is 35.5. The first-order valence-corrected chi connectivity index (χ1v) is 17.1. The number of sulfone groups is 1. The third-order valence-electron chi connectivity index (χ3n) is 7.82. The first kappa shape index (κ1) is 34.6. The number of pyridine rings is 1. The van der Waals surface area contributed by atoms with Gasteiger partial charge in [-0.25, -0.2) is 13.4 Å². The largest absolute Gasteiger partial charge is 0.493 e. The Kier molecular flexibility index (Phi) is 11.5. The second-order valence-corrected chi connectivity index (χ2v) is 13.5. The topological polar surface area (TPSA) is 132 Å². The summed E-state index contributed by atoms with van der Waals surface area (Å²) in [6, 6.07) is 31.8. The highest BCUT2D eigenvalue weighted by molar-refractivity contribution is 7.91. The lowest BCUT2D eigenvalue weighted by Gasteiger charge is -2.25. The molecule has 0 fully saturated rings. The van der Waals surface area contributed by atoms with Crippen LogP contribution in [0.25, 0.3) is 0 Å². The molecule has 1 heterocycles. The van der Waals surface area contributed by atoms with Gasteiger partial charge in [0.1, 0.15) is 11.8 Å². The van der Waals surface area contributed by atoms with E-state index in [-0.39, 0.29) is 33.5 Å². The Morgan fingerprint density at radius 1 is 0.896 bits per heavy atom. The highest BCUT2D eigenvalue weighted by Crippen LogP contribution is 2.36. The Labute approximate surface area is 285 Å². The summed E-state index contributed by atoms with van der Waals surface area (Å²) in [6.07, 6.45) is 1.40. The van der Waals surface area contributed by atoms with E-state index in [2.05, 4.69) is 9.88 Å². The van der Waals surface area contributed by atoms with Gasteiger partial charge in [-0.3, -0.25) is 9.69 Å². The molecule has 9 nitrogen and oxygen atoms in total. The Bertz CT molecular complexity index is 1920. The number of carbonyl (C=O) groups is 1. The molecular formula is C37H36ClN3O6S. The zero-order chi connectivity index (χ0) is 34.1. The number of aliphatic hydroxyl groups excluding tert-OH is 1. The standard InChI is InChI=1S/C37H36ClN3O6S/c1-46-34-21-31(20-32(37(39)43)36(34)47-25-28-10-6-3-7-11-28)48(44,45)30-15-12-26(13-16-30)18-19-41(23-27-8-4-2-5-9-27)24-33(42)29-14-17-35(38)40-22-29/h2-17,20-22,33,42H,18-19,23-25H2,1H3,(H2,39,43)/t33-/m1/s1. The minimum atomic E-state index is -4.05. The average Bonchev–Trinajstić information content (AvgIpc) is 3.10. The zero-order valence-corrected chi connectivity index (χ0v) is 27.9. The molecule has 0 aliphatic heterocycles. The SMILES string of the molecule is COc1cc(S(=O)(=O)c2ccc(CCN(Cc3ccccc3)C[C@@H](O)c3ccc(Cl)nc3)cc2)cc(C(N)=O)c1OCc1ccccc1. The van der Waals surface area contributed by atoms with Crippen LogP contribution in [0.1, 0.15) is 38.7 Å². The molecule has 11 heteroatoms. The maximum atomic E-state index is 13.7. The van der Waals surface area contributed by atoms with Gasteiger partial charge in [-0.05, 0) is 47.4 Å². The van der Waals surface area contributed by atoms with E-state index in [1.807, 2.05) is 60.7 Å². The third-order valence-corrected chi connectivity index (χ3v) is 9.79. The van der Waals surface area contributed by atoms with Crippen LogP contribution in [0.4, 0.5) is 0 Å². The summed E-state index contributed by atoms with van der Waals surface area (Å²) in [4.78, 5) is 18.6. The number of hydrogen-bond donors (Lipinski definition) is 2. The number of aliphatic hydroxyl groups is 1. The number of amides is 1. The number of rotatable bonds is 15. The third kappa shape index (κ3) is 8.78. The van der Waals surface area contributed by atoms with Crippen molar-refractivity contribution in [2.24, 2.45) is 5.73 Å². The van der Waals surface area contributed by atoms with Crippen LogP contribution in [0.15, 0.2) is 125 Å². The first-order chi connectivity index (χ1) is 23.1. The minimum absolute atomic E-state index is 0.0495. The van der Waals surface area contributed by atoms with Gasteiger partial charge in [0.2, 0.25) is 9.84 Å². The number of nitrogens with two attached hydrogens (primary N) is 1. The van der Waals surface area contributed by atoms with E-state index in [0.29, 0.717) is 36.8 Å². The fraction of sp³-hybridized carbons (Fsp3) is 0.189. The van der Waals surface area contributed by atoms with Crippen molar-refractivity contribution in [2.45, 2.75) is 35.5 Å². The number of nitrogens with zero attached hydrogens (tertiary/aromatic N) is 2. The van der Waals surface area contributed by atoms with Gasteiger partial charge in [0.15, 0.2) is 11.5 Å². The van der Waals surface area contributed by atoms with Gasteiger partial charge in [0.25, 0.3) is 5.91 Å². The molecule has 1 atom stereocenters. The summed E-state index contributed by atoms with van der Waals surface area (Å²) < 4.78 is 38.8. The van der Waals surface area contributed by atoms with E-state index in [0.717, 1.165) is 16.7 Å². The zero-order valence-electron chi connectivity index (χ0n) is 26.3. The van der Waals surface area contributed by atoms with Crippen molar-refractivity contribution in [3.8, 4) is 11.5 Å². The van der Waals surface area contributed by atoms with Gasteiger partial charge in [0, 0.05) is 37.5 Å². The molecule has 248 valence electrons. The molecule has 48 heavy (non-hydrogen) atoms. The van der Waals surface area contributed by atoms with E-state index in [9.17, 15) is 18.3 Å². The van der Waals surface area contributed by atoms with Crippen molar-refractivity contribution in [1.29, 1.82) is 0 Å². The summed E-state index contributed by atoms with van der Waals surface area (Å²) in [6.45, 7) is 1.70. The molecule has 0 saturated carbocycles. The number of ether oxygens (including phenoxy) is 2. The van der Waals surface area contributed by atoms with Gasteiger partial charge in [-0.1, -0.05) is 90.5 Å². The van der Waals surface area contributed by atoms with Crippen LogP contribution in [0.2, 0.25) is 5.15 Å². The van der Waals surface area contributed by atoms with Crippen LogP contribution in [-0.4, -0.2) is 49.5 Å². The highest BCUT2D eigenvalue weighted by Gasteiger charge is 2.25. The number of halogens is 1. The smallest absolute Gasteiger partial charge is 0.252 e. The van der Waals surface area contributed by atoms with Crippen LogP contribution in [-0.2, 0) is 29.4 Å². The van der Waals surface area contributed by atoms with Crippen LogP contribution in [0.5, 0.6) is 11.5 Å². The molecule has 5 rings (SSSR count). The lowest BCUT2D eigenvalue weighted by atomic mass is 10.1. The van der Waals surface area contributed by atoms with Crippen LogP contribution in [0.3, 0.4) is 0 Å². The Balaban J connectivity index is 1.32. The van der Waals surface area contributed by atoms with E-state index in [4.69, 9.17) is 26.8 Å². The van der Waals surface area contributed by atoms with E-state index in [1.54, 1.807) is 30.5 Å². The maximum Gasteiger partial charge on any atom is 0.252 e. The average molecular weight is 686 g/mol. The first-order valence-electron chi connectivity index (χ1n) is 15.2. The number of hydrogen-bond acceptors (Lipinski definition) is 8. The van der Waals surface area contributed by atoms with Crippen molar-refractivity contribution < 1.29 is 27.8 Å². The predicted octanol–water partition coefficient (Wildman–Crippen LogP) is 6.03. The Morgan fingerprint density at radius 2 is 1.56 bits per heavy atom. The second kappa shape index (κ2) is 15.9. The molecule has 1 amide bonds. The normalized spacial score (nSPS) is 12.1. The lowest BCUT2D eigenvalue weighted by molar-refractivity contribution is 0.0994. The predicted molar refractivity (Wildman–Crippen MR) is 184 cm³/mol. The molecule has 0 aliphatic carbocycles. The molecule has 0 radical (unpaired) electrons. The van der Waals surface area contributed by atoms with Crippen LogP contribution in [0, 0.1) is 0 Å². The molecular weight excluding hydrogens is 650 g/mol. The maximum absolute atomic E-state index is 13.7. The van der Waals surface area contributed by atoms with Crippen LogP contribution < -0.4 is 15.2 Å². The van der Waals surface area contributed by atoms with Crippen molar-refractivity contribution >= 4 is 27.3 Å². The molecule has 4 aromatic carbocycles. The van der Waals surface area contributed by atoms with Crippen molar-refractivity contribution in [3.63, 3.8) is 0 Å². The van der Waals surface area contributed by atoms with Gasteiger partial charge in [-0.2, -0.15) is 0 Å². The van der Waals surface area contributed by atoms with Gasteiger partial charge in [-0.15, -0.1) is 0 Å². The summed E-state index contributed by atoms with van der Waals surface area (Å²) in [5.41, 5.74) is 9.08. The molecule has 0 aliphatic rings. The van der Waals surface area contributed by atoms with Gasteiger partial charge in [0.05, 0.1) is 28.6 Å². The minimum Gasteiger partial charge on any atom is -0.493 e. The monoisotopic (exact) mass is 685 g/mol. The summed E-state index contributed by atoms with van der Waals surface area (Å²) in [7, 11) is -2.68. The quantitative estimate of drug-likeness (QED) is 0.128. The van der Waals surface area contributed by atoms with E-state index >= 15 is 0 Å². The summed E-state index contributed by atoms with van der Waals surface area (Å²) in [5.74, 6) is -0.700. The van der Waals surface area contributed by atoms with Gasteiger partial charge < -0.3 is 20.3 Å². The number of aromatic nitrogens is 1. The molecule has 1 aromatic heterocycles. The van der Waals surface area contributed by atoms with Crippen molar-refractivity contribution in [1.82, 2.24) is 9.88 Å². The fourth-order valence-corrected chi connectivity index (χ4v) is 6.63. The van der Waals surface area contributed by atoms with Crippen molar-refractivity contribution in [2.75, 3.05) is 20.2 Å². The van der Waals surface area contributed by atoms with Crippen LogP contribution >= 0.6 is 11.6 Å². The number of carbonyl (C=O) groups excluding carboxylic acids is 1. The van der Waals surface area contributed by atoms with E-state index < -0.39 is 21.8 Å². The number of methoxy groups -OCH3 is 1. The van der Waals surface area contributed by atoms with Gasteiger partial charge >= 0.3 is 0 Å². The summed E-state index contributed by atoms with van der Waals surface area (Å²) >= 11 is 5.92. The second-order valence-electron chi connectivity index (χ2n) is 11.2. The summed E-state index contributed by atoms with van der Waals surface area (Å²) in [5, 5.41) is 11.3. The number of primary amides is 1. The number of benzene rings is 4. The molecule has 3 N–H and O–H groups in total. The van der Waals surface area contributed by atoms with E-state index in [1.165, 1.54) is 31.4 Å². The Hall–Kier alpha value is -4.74. The molecule has 5 aromatic rings. The van der Waals surface area contributed by atoms with Crippen molar-refractivity contribution in [3.05, 3.63) is 148 Å². The molecule has 0 spiro atoms. The Morgan fingerprint density at radius 3 is 2.17 bits per heavy atom. The lowest BCUT2D eigenvalue weighted by Crippen LogP contribution is -2.30.